The molecule has 5 rings (SSSR count). The largest absolute Gasteiger partial charge is 0.326 e. The van der Waals surface area contributed by atoms with E-state index in [-0.39, 0.29) is 16.7 Å². The summed E-state index contributed by atoms with van der Waals surface area (Å²) in [6.45, 7) is 3.73. The molecule has 0 aromatic heterocycles. The standard InChI is InChI=1S/C19H26N2O3S/c1-10-3-16(25(20,23)24)9-17(11(10)2)21-19(22)18-14-5-12-4-13(7-14)8-15(18)6-12/h3,9,12-15,18H,4-8H2,1-2H3,(H,21,22)(H2,20,23,24). The molecule has 136 valence electrons. The first kappa shape index (κ1) is 17.0. The molecular formula is C19H26N2O3S. The predicted molar refractivity (Wildman–Crippen MR) is 96.5 cm³/mol. The second kappa shape index (κ2) is 5.81. The summed E-state index contributed by atoms with van der Waals surface area (Å²) < 4.78 is 23.4. The number of rotatable bonds is 3. The van der Waals surface area contributed by atoms with Gasteiger partial charge in [0.2, 0.25) is 15.9 Å². The van der Waals surface area contributed by atoms with Gasteiger partial charge in [-0.3, -0.25) is 4.79 Å². The summed E-state index contributed by atoms with van der Waals surface area (Å²) in [4.78, 5) is 13.1. The molecule has 4 aliphatic rings. The lowest BCUT2D eigenvalue weighted by Crippen LogP contribution is -2.49. The van der Waals surface area contributed by atoms with Crippen molar-refractivity contribution >= 4 is 21.6 Å². The molecule has 0 aliphatic heterocycles. The van der Waals surface area contributed by atoms with E-state index in [0.717, 1.165) is 23.0 Å². The summed E-state index contributed by atoms with van der Waals surface area (Å²) in [5.74, 6) is 2.77. The number of aryl methyl sites for hydroxylation is 1. The summed E-state index contributed by atoms with van der Waals surface area (Å²) in [5, 5.41) is 8.31. The Hall–Kier alpha value is -1.40. The highest BCUT2D eigenvalue weighted by Gasteiger charge is 2.50. The molecule has 0 atom stereocenters. The Balaban J connectivity index is 1.60. The maximum absolute atomic E-state index is 13.0. The number of sulfonamides is 1. The minimum absolute atomic E-state index is 0.0518. The first-order chi connectivity index (χ1) is 11.7. The number of hydrogen-bond donors (Lipinski definition) is 2. The molecule has 1 amide bonds. The van der Waals surface area contributed by atoms with Crippen molar-refractivity contribution in [3.8, 4) is 0 Å². The molecule has 4 bridgehead atoms. The molecule has 3 N–H and O–H groups in total. The number of nitrogens with two attached hydrogens (primary N) is 1. The van der Waals surface area contributed by atoms with Crippen LogP contribution < -0.4 is 10.5 Å². The van der Waals surface area contributed by atoms with E-state index in [1.165, 1.54) is 38.2 Å². The highest BCUT2D eigenvalue weighted by Crippen LogP contribution is 2.56. The maximum Gasteiger partial charge on any atom is 0.238 e. The number of carbonyl (C=O) groups excluding carboxylic acids is 1. The van der Waals surface area contributed by atoms with Crippen molar-refractivity contribution in [1.82, 2.24) is 0 Å². The van der Waals surface area contributed by atoms with Gasteiger partial charge in [-0.05, 0) is 92.9 Å². The third-order valence-electron chi connectivity index (χ3n) is 6.76. The molecule has 4 saturated carbocycles. The lowest BCUT2D eigenvalue weighted by atomic mass is 9.51. The molecule has 6 heteroatoms. The van der Waals surface area contributed by atoms with Crippen LogP contribution in [0.4, 0.5) is 5.69 Å². The number of carbonyl (C=O) groups is 1. The molecule has 4 aliphatic carbocycles. The van der Waals surface area contributed by atoms with Gasteiger partial charge in [0, 0.05) is 11.6 Å². The van der Waals surface area contributed by atoms with Gasteiger partial charge >= 0.3 is 0 Å². The minimum Gasteiger partial charge on any atom is -0.326 e. The van der Waals surface area contributed by atoms with E-state index in [1.807, 2.05) is 13.8 Å². The van der Waals surface area contributed by atoms with Gasteiger partial charge in [-0.1, -0.05) is 0 Å². The number of amides is 1. The highest BCUT2D eigenvalue weighted by molar-refractivity contribution is 7.89. The van der Waals surface area contributed by atoms with Crippen molar-refractivity contribution in [3.63, 3.8) is 0 Å². The molecule has 0 heterocycles. The zero-order valence-corrected chi connectivity index (χ0v) is 15.6. The van der Waals surface area contributed by atoms with Gasteiger partial charge in [0.15, 0.2) is 0 Å². The van der Waals surface area contributed by atoms with Crippen molar-refractivity contribution < 1.29 is 13.2 Å². The molecule has 0 unspecified atom stereocenters. The minimum atomic E-state index is -3.79. The molecule has 5 nitrogen and oxygen atoms in total. The molecule has 0 radical (unpaired) electrons. The molecule has 0 spiro atoms. The average Bonchev–Trinajstić information content (AvgIpc) is 2.49. The number of nitrogens with one attached hydrogen (secondary N) is 1. The number of hydrogen-bond acceptors (Lipinski definition) is 3. The van der Waals surface area contributed by atoms with Crippen LogP contribution in [0.15, 0.2) is 17.0 Å². The van der Waals surface area contributed by atoms with Gasteiger partial charge in [0.05, 0.1) is 4.90 Å². The Morgan fingerprint density at radius 3 is 2.12 bits per heavy atom. The molecule has 1 aromatic rings. The Morgan fingerprint density at radius 1 is 1.04 bits per heavy atom. The monoisotopic (exact) mass is 362 g/mol. The van der Waals surface area contributed by atoms with Crippen molar-refractivity contribution in [2.24, 2.45) is 34.7 Å². The van der Waals surface area contributed by atoms with Crippen LogP contribution in [0.3, 0.4) is 0 Å². The fourth-order valence-electron chi connectivity index (χ4n) is 5.69. The third-order valence-corrected chi connectivity index (χ3v) is 7.65. The maximum atomic E-state index is 13.0. The number of anilines is 1. The lowest BCUT2D eigenvalue weighted by molar-refractivity contribution is -0.132. The Labute approximate surface area is 149 Å². The van der Waals surface area contributed by atoms with Crippen LogP contribution >= 0.6 is 0 Å². The smallest absolute Gasteiger partial charge is 0.238 e. The summed E-state index contributed by atoms with van der Waals surface area (Å²) in [6.07, 6.45) is 6.08. The first-order valence-electron chi connectivity index (χ1n) is 9.17. The van der Waals surface area contributed by atoms with Gasteiger partial charge in [-0.15, -0.1) is 0 Å². The van der Waals surface area contributed by atoms with E-state index in [1.54, 1.807) is 6.07 Å². The van der Waals surface area contributed by atoms with Crippen LogP contribution in [0.1, 0.15) is 43.2 Å². The van der Waals surface area contributed by atoms with Gasteiger partial charge in [0.1, 0.15) is 0 Å². The van der Waals surface area contributed by atoms with Crippen LogP contribution in [-0.4, -0.2) is 14.3 Å². The van der Waals surface area contributed by atoms with Crippen LogP contribution in [0, 0.1) is 43.4 Å². The topological polar surface area (TPSA) is 89.3 Å². The second-order valence-corrected chi connectivity index (χ2v) is 9.96. The van der Waals surface area contributed by atoms with E-state index >= 15 is 0 Å². The van der Waals surface area contributed by atoms with E-state index in [4.69, 9.17) is 5.14 Å². The quantitative estimate of drug-likeness (QED) is 0.866. The van der Waals surface area contributed by atoms with Gasteiger partial charge < -0.3 is 5.32 Å². The molecule has 0 saturated heterocycles. The Morgan fingerprint density at radius 2 is 1.60 bits per heavy atom. The van der Waals surface area contributed by atoms with Crippen LogP contribution in [0.2, 0.25) is 0 Å². The van der Waals surface area contributed by atoms with E-state index in [0.29, 0.717) is 17.5 Å². The number of benzene rings is 1. The zero-order chi connectivity index (χ0) is 17.9. The van der Waals surface area contributed by atoms with Crippen LogP contribution in [0.25, 0.3) is 0 Å². The Kier molecular flexibility index (Phi) is 3.96. The summed E-state index contributed by atoms with van der Waals surface area (Å²) >= 11 is 0. The van der Waals surface area contributed by atoms with Crippen molar-refractivity contribution in [3.05, 3.63) is 23.3 Å². The molecule has 25 heavy (non-hydrogen) atoms. The summed E-state index contributed by atoms with van der Waals surface area (Å²) in [7, 11) is -3.79. The number of primary sulfonamides is 1. The van der Waals surface area contributed by atoms with Crippen molar-refractivity contribution in [1.29, 1.82) is 0 Å². The zero-order valence-electron chi connectivity index (χ0n) is 14.8. The van der Waals surface area contributed by atoms with Gasteiger partial charge in [0.25, 0.3) is 0 Å². The molecule has 4 fully saturated rings. The van der Waals surface area contributed by atoms with E-state index in [9.17, 15) is 13.2 Å². The summed E-state index contributed by atoms with van der Waals surface area (Å²) in [5.41, 5.74) is 2.28. The second-order valence-electron chi connectivity index (χ2n) is 8.40. The summed E-state index contributed by atoms with van der Waals surface area (Å²) in [6, 6.07) is 3.05. The lowest BCUT2D eigenvalue weighted by Gasteiger charge is -2.53. The van der Waals surface area contributed by atoms with Crippen LogP contribution in [0.5, 0.6) is 0 Å². The fourth-order valence-corrected chi connectivity index (χ4v) is 6.31. The van der Waals surface area contributed by atoms with Gasteiger partial charge in [-0.25, -0.2) is 13.6 Å². The molecule has 1 aromatic carbocycles. The first-order valence-corrected chi connectivity index (χ1v) is 10.7. The Bertz CT molecular complexity index is 803. The van der Waals surface area contributed by atoms with Crippen molar-refractivity contribution in [2.45, 2.75) is 50.8 Å². The van der Waals surface area contributed by atoms with E-state index < -0.39 is 10.0 Å². The highest BCUT2D eigenvalue weighted by atomic mass is 32.2. The van der Waals surface area contributed by atoms with Crippen LogP contribution in [-0.2, 0) is 14.8 Å². The average molecular weight is 362 g/mol. The van der Waals surface area contributed by atoms with Crippen molar-refractivity contribution in [2.75, 3.05) is 5.32 Å². The fraction of sp³-hybridized carbons (Fsp3) is 0.632. The molecular weight excluding hydrogens is 336 g/mol. The van der Waals surface area contributed by atoms with Gasteiger partial charge in [-0.2, -0.15) is 0 Å². The van der Waals surface area contributed by atoms with E-state index in [2.05, 4.69) is 5.32 Å². The third kappa shape index (κ3) is 2.99. The normalized spacial score (nSPS) is 33.5. The predicted octanol–water partition coefficient (Wildman–Crippen LogP) is 2.96. The SMILES string of the molecule is Cc1cc(S(N)(=O)=O)cc(NC(=O)C2C3CC4CC(C3)CC2C4)c1C.